The van der Waals surface area contributed by atoms with E-state index in [0.717, 1.165) is 17.5 Å². The van der Waals surface area contributed by atoms with Gasteiger partial charge in [0.1, 0.15) is 0 Å². The molecule has 1 aliphatic heterocycles. The number of hydrogen-bond acceptors (Lipinski definition) is 3. The molecule has 1 saturated heterocycles. The molecule has 2 amide bonds. The third-order valence-electron chi connectivity index (χ3n) is 4.05. The summed E-state index contributed by atoms with van der Waals surface area (Å²) in [6, 6.07) is 19.4. The van der Waals surface area contributed by atoms with E-state index in [1.54, 1.807) is 0 Å². The molecule has 0 bridgehead atoms. The second-order valence-corrected chi connectivity index (χ2v) is 6.73. The third-order valence-corrected chi connectivity index (χ3v) is 5.04. The van der Waals surface area contributed by atoms with Gasteiger partial charge in [0.05, 0.1) is 6.04 Å². The molecule has 4 nitrogen and oxygen atoms in total. The molecule has 1 atom stereocenters. The zero-order chi connectivity index (χ0) is 16.8. The average molecular weight is 340 g/mol. The molecular weight excluding hydrogens is 320 g/mol. The van der Waals surface area contributed by atoms with E-state index in [9.17, 15) is 9.59 Å². The van der Waals surface area contributed by atoms with Crippen molar-refractivity contribution in [1.82, 2.24) is 10.2 Å². The zero-order valence-electron chi connectivity index (χ0n) is 13.4. The smallest absolute Gasteiger partial charge is 0.318 e. The second kappa shape index (κ2) is 8.02. The third kappa shape index (κ3) is 3.97. The minimum atomic E-state index is -0.0248. The van der Waals surface area contributed by atoms with Gasteiger partial charge in [0.2, 0.25) is 5.12 Å². The molecule has 24 heavy (non-hydrogen) atoms. The molecule has 0 spiro atoms. The molecule has 124 valence electrons. The monoisotopic (exact) mass is 340 g/mol. The highest BCUT2D eigenvalue weighted by atomic mass is 32.2. The van der Waals surface area contributed by atoms with Crippen LogP contribution in [0.4, 0.5) is 4.79 Å². The first-order valence-electron chi connectivity index (χ1n) is 8.07. The van der Waals surface area contributed by atoms with Gasteiger partial charge in [-0.3, -0.25) is 4.79 Å². The highest BCUT2D eigenvalue weighted by molar-refractivity contribution is 8.14. The van der Waals surface area contributed by atoms with E-state index < -0.39 is 0 Å². The van der Waals surface area contributed by atoms with Gasteiger partial charge in [-0.15, -0.1) is 0 Å². The van der Waals surface area contributed by atoms with Gasteiger partial charge >= 0.3 is 6.03 Å². The molecule has 3 rings (SSSR count). The molecule has 1 fully saturated rings. The lowest BCUT2D eigenvalue weighted by molar-refractivity contribution is 0.108. The summed E-state index contributed by atoms with van der Waals surface area (Å²) >= 11 is 1.31. The van der Waals surface area contributed by atoms with Gasteiger partial charge in [0, 0.05) is 24.4 Å². The molecule has 1 unspecified atom stereocenters. The van der Waals surface area contributed by atoms with Gasteiger partial charge < -0.3 is 10.2 Å². The maximum absolute atomic E-state index is 12.1. The standard InChI is InChI=1S/C19H20N2O2S/c22-18(16-10-5-2-6-11-16)24-13-7-12-21-17(14-20-19(21)23)15-8-3-1-4-9-15/h1-6,8-11,17H,7,12-14H2,(H,20,23). The van der Waals surface area contributed by atoms with E-state index in [0.29, 0.717) is 18.8 Å². The Kier molecular flexibility index (Phi) is 5.54. The normalized spacial score (nSPS) is 16.9. The van der Waals surface area contributed by atoms with Gasteiger partial charge in [-0.1, -0.05) is 72.4 Å². The maximum Gasteiger partial charge on any atom is 0.318 e. The predicted octanol–water partition coefficient (Wildman–Crippen LogP) is 3.72. The number of benzene rings is 2. The minimum absolute atomic E-state index is 0.0248. The number of hydrogen-bond donors (Lipinski definition) is 1. The Labute approximate surface area is 146 Å². The molecule has 1 heterocycles. The van der Waals surface area contributed by atoms with E-state index in [2.05, 4.69) is 5.32 Å². The first kappa shape index (κ1) is 16.6. The number of nitrogens with zero attached hydrogens (tertiary/aromatic N) is 1. The number of rotatable bonds is 6. The van der Waals surface area contributed by atoms with E-state index in [1.807, 2.05) is 65.6 Å². The van der Waals surface area contributed by atoms with Crippen LogP contribution in [0, 0.1) is 0 Å². The van der Waals surface area contributed by atoms with Gasteiger partial charge in [-0.05, 0) is 12.0 Å². The first-order chi connectivity index (χ1) is 11.8. The fourth-order valence-electron chi connectivity index (χ4n) is 2.82. The van der Waals surface area contributed by atoms with Crippen LogP contribution in [0.3, 0.4) is 0 Å². The van der Waals surface area contributed by atoms with E-state index in [1.165, 1.54) is 11.8 Å². The Bertz CT molecular complexity index is 691. The SMILES string of the molecule is O=C(SCCCN1C(=O)NCC1c1ccccc1)c1ccccc1. The second-order valence-electron chi connectivity index (χ2n) is 5.66. The Morgan fingerprint density at radius 2 is 1.75 bits per heavy atom. The Hall–Kier alpha value is -2.27. The molecule has 1 N–H and O–H groups in total. The lowest BCUT2D eigenvalue weighted by Crippen LogP contribution is -2.31. The van der Waals surface area contributed by atoms with Crippen LogP contribution in [0.1, 0.15) is 28.4 Å². The van der Waals surface area contributed by atoms with Crippen LogP contribution in [-0.2, 0) is 0 Å². The number of amides is 2. The average Bonchev–Trinajstić information content (AvgIpc) is 3.01. The summed E-state index contributed by atoms with van der Waals surface area (Å²) in [4.78, 5) is 26.0. The van der Waals surface area contributed by atoms with Crippen molar-refractivity contribution < 1.29 is 9.59 Å². The van der Waals surface area contributed by atoms with Crippen molar-refractivity contribution in [2.75, 3.05) is 18.8 Å². The summed E-state index contributed by atoms with van der Waals surface area (Å²) in [6.45, 7) is 1.29. The summed E-state index contributed by atoms with van der Waals surface area (Å²) in [6.07, 6.45) is 0.792. The number of carbonyl (C=O) groups is 2. The largest absolute Gasteiger partial charge is 0.336 e. The van der Waals surface area contributed by atoms with Crippen molar-refractivity contribution in [3.63, 3.8) is 0 Å². The van der Waals surface area contributed by atoms with Crippen molar-refractivity contribution in [2.24, 2.45) is 0 Å². The lowest BCUT2D eigenvalue weighted by Gasteiger charge is -2.23. The summed E-state index contributed by atoms with van der Waals surface area (Å²) < 4.78 is 0. The van der Waals surface area contributed by atoms with Crippen LogP contribution < -0.4 is 5.32 Å². The van der Waals surface area contributed by atoms with E-state index in [-0.39, 0.29) is 17.2 Å². The molecule has 1 aliphatic rings. The minimum Gasteiger partial charge on any atom is -0.336 e. The number of carbonyl (C=O) groups excluding carboxylic acids is 2. The molecule has 0 aliphatic carbocycles. The quantitative estimate of drug-likeness (QED) is 0.816. The molecule has 0 aromatic heterocycles. The number of urea groups is 1. The zero-order valence-corrected chi connectivity index (χ0v) is 14.2. The molecule has 0 radical (unpaired) electrons. The van der Waals surface area contributed by atoms with Gasteiger partial charge in [0.25, 0.3) is 0 Å². The van der Waals surface area contributed by atoms with Crippen LogP contribution in [0.5, 0.6) is 0 Å². The molecule has 5 heteroatoms. The molecule has 0 saturated carbocycles. The highest BCUT2D eigenvalue weighted by Crippen LogP contribution is 2.25. The fraction of sp³-hybridized carbons (Fsp3) is 0.263. The van der Waals surface area contributed by atoms with Crippen LogP contribution in [0.2, 0.25) is 0 Å². The molecular formula is C19H20N2O2S. The number of nitrogens with one attached hydrogen (secondary N) is 1. The van der Waals surface area contributed by atoms with Crippen LogP contribution in [0.25, 0.3) is 0 Å². The van der Waals surface area contributed by atoms with Crippen molar-refractivity contribution in [3.05, 3.63) is 71.8 Å². The topological polar surface area (TPSA) is 49.4 Å². The maximum atomic E-state index is 12.1. The van der Waals surface area contributed by atoms with Crippen molar-refractivity contribution in [3.8, 4) is 0 Å². The Morgan fingerprint density at radius 1 is 1.08 bits per heavy atom. The lowest BCUT2D eigenvalue weighted by atomic mass is 10.1. The van der Waals surface area contributed by atoms with E-state index >= 15 is 0 Å². The van der Waals surface area contributed by atoms with Crippen LogP contribution in [0.15, 0.2) is 60.7 Å². The van der Waals surface area contributed by atoms with Crippen molar-refractivity contribution in [2.45, 2.75) is 12.5 Å². The summed E-state index contributed by atoms with van der Waals surface area (Å²) in [7, 11) is 0. The summed E-state index contributed by atoms with van der Waals surface area (Å²) in [5.74, 6) is 0.707. The van der Waals surface area contributed by atoms with Crippen LogP contribution >= 0.6 is 11.8 Å². The van der Waals surface area contributed by atoms with Gasteiger partial charge in [0.15, 0.2) is 0 Å². The molecule has 2 aromatic carbocycles. The van der Waals surface area contributed by atoms with Gasteiger partial charge in [-0.2, -0.15) is 0 Å². The summed E-state index contributed by atoms with van der Waals surface area (Å²) in [5, 5.41) is 2.99. The van der Waals surface area contributed by atoms with E-state index in [4.69, 9.17) is 0 Å². The van der Waals surface area contributed by atoms with Crippen LogP contribution in [-0.4, -0.2) is 34.9 Å². The predicted molar refractivity (Wildman–Crippen MR) is 97.1 cm³/mol. The Morgan fingerprint density at radius 3 is 2.46 bits per heavy atom. The van der Waals surface area contributed by atoms with Crippen molar-refractivity contribution >= 4 is 22.9 Å². The summed E-state index contributed by atoms with van der Waals surface area (Å²) in [5.41, 5.74) is 1.87. The van der Waals surface area contributed by atoms with Gasteiger partial charge in [-0.25, -0.2) is 4.79 Å². The Balaban J connectivity index is 1.50. The van der Waals surface area contributed by atoms with Crippen molar-refractivity contribution in [1.29, 1.82) is 0 Å². The number of thioether (sulfide) groups is 1. The molecule has 2 aromatic rings. The fourth-order valence-corrected chi connectivity index (χ4v) is 3.59. The highest BCUT2D eigenvalue weighted by Gasteiger charge is 2.31. The first-order valence-corrected chi connectivity index (χ1v) is 9.06.